The SMILES string of the molecule is O=C(O)c1ccc2c(c1)CCCN2C(=O)C1COCCN1. The number of fused-ring (bicyclic) bond motifs is 1. The number of anilines is 1. The minimum atomic E-state index is -0.941. The van der Waals surface area contributed by atoms with Gasteiger partial charge in [-0.05, 0) is 36.6 Å². The number of amides is 1. The highest BCUT2D eigenvalue weighted by Crippen LogP contribution is 2.28. The first kappa shape index (κ1) is 14.0. The molecule has 3 rings (SSSR count). The molecule has 2 aliphatic rings. The average molecular weight is 290 g/mol. The second-order valence-electron chi connectivity index (χ2n) is 5.32. The zero-order valence-electron chi connectivity index (χ0n) is 11.7. The third-order valence-corrected chi connectivity index (χ3v) is 3.93. The van der Waals surface area contributed by atoms with E-state index in [0.717, 1.165) is 24.1 Å². The fourth-order valence-electron chi connectivity index (χ4n) is 2.87. The van der Waals surface area contributed by atoms with Gasteiger partial charge in [0.25, 0.3) is 0 Å². The third kappa shape index (κ3) is 2.77. The van der Waals surface area contributed by atoms with E-state index in [1.165, 1.54) is 0 Å². The van der Waals surface area contributed by atoms with Crippen LogP contribution in [0.5, 0.6) is 0 Å². The predicted octanol–water partition coefficient (Wildman–Crippen LogP) is 0.652. The number of aromatic carboxylic acids is 1. The Morgan fingerprint density at radius 2 is 2.24 bits per heavy atom. The summed E-state index contributed by atoms with van der Waals surface area (Å²) >= 11 is 0. The standard InChI is InChI=1S/C15H18N2O4/c18-14(12-9-21-7-5-16-12)17-6-1-2-10-8-11(15(19)20)3-4-13(10)17/h3-4,8,12,16H,1-2,5-7,9H2,(H,19,20). The maximum atomic E-state index is 12.6. The summed E-state index contributed by atoms with van der Waals surface area (Å²) < 4.78 is 5.34. The van der Waals surface area contributed by atoms with Gasteiger partial charge in [0.15, 0.2) is 0 Å². The summed E-state index contributed by atoms with van der Waals surface area (Å²) in [6, 6.07) is 4.64. The highest BCUT2D eigenvalue weighted by molar-refractivity contribution is 5.99. The second kappa shape index (κ2) is 5.83. The van der Waals surface area contributed by atoms with Gasteiger partial charge < -0.3 is 20.1 Å². The molecule has 1 unspecified atom stereocenters. The molecule has 1 aromatic rings. The molecule has 0 radical (unpaired) electrons. The van der Waals surface area contributed by atoms with Gasteiger partial charge >= 0.3 is 5.97 Å². The number of aryl methyl sites for hydroxylation is 1. The van der Waals surface area contributed by atoms with Crippen LogP contribution in [0, 0.1) is 0 Å². The molecule has 0 aromatic heterocycles. The number of morpholine rings is 1. The third-order valence-electron chi connectivity index (χ3n) is 3.93. The Balaban J connectivity index is 1.86. The molecule has 2 heterocycles. The van der Waals surface area contributed by atoms with E-state index >= 15 is 0 Å². The molecule has 0 saturated carbocycles. The first-order valence-electron chi connectivity index (χ1n) is 7.15. The van der Waals surface area contributed by atoms with Crippen LogP contribution in [0.15, 0.2) is 18.2 Å². The van der Waals surface area contributed by atoms with Crippen LogP contribution in [-0.2, 0) is 16.0 Å². The zero-order chi connectivity index (χ0) is 14.8. The van der Waals surface area contributed by atoms with E-state index in [1.807, 2.05) is 0 Å². The summed E-state index contributed by atoms with van der Waals surface area (Å²) in [6.45, 7) is 2.35. The van der Waals surface area contributed by atoms with Gasteiger partial charge in [0.05, 0.1) is 18.8 Å². The van der Waals surface area contributed by atoms with Crippen molar-refractivity contribution in [2.24, 2.45) is 0 Å². The normalized spacial score (nSPS) is 21.7. The van der Waals surface area contributed by atoms with Crippen LogP contribution in [0.2, 0.25) is 0 Å². The Hall–Kier alpha value is -1.92. The Morgan fingerprint density at radius 3 is 2.95 bits per heavy atom. The Labute approximate surface area is 122 Å². The van der Waals surface area contributed by atoms with Crippen molar-refractivity contribution in [2.45, 2.75) is 18.9 Å². The van der Waals surface area contributed by atoms with Crippen LogP contribution in [-0.4, -0.2) is 49.3 Å². The molecule has 112 valence electrons. The van der Waals surface area contributed by atoms with Gasteiger partial charge in [-0.1, -0.05) is 0 Å². The van der Waals surface area contributed by atoms with Crippen molar-refractivity contribution in [3.63, 3.8) is 0 Å². The quantitative estimate of drug-likeness (QED) is 0.836. The van der Waals surface area contributed by atoms with Gasteiger partial charge in [-0.25, -0.2) is 4.79 Å². The van der Waals surface area contributed by atoms with E-state index in [-0.39, 0.29) is 17.5 Å². The molecule has 21 heavy (non-hydrogen) atoms. The highest BCUT2D eigenvalue weighted by Gasteiger charge is 2.30. The van der Waals surface area contributed by atoms with E-state index in [0.29, 0.717) is 26.3 Å². The van der Waals surface area contributed by atoms with Crippen LogP contribution >= 0.6 is 0 Å². The molecule has 0 aliphatic carbocycles. The minimum Gasteiger partial charge on any atom is -0.478 e. The van der Waals surface area contributed by atoms with Crippen LogP contribution in [0.1, 0.15) is 22.3 Å². The van der Waals surface area contributed by atoms with Crippen molar-refractivity contribution >= 4 is 17.6 Å². The molecule has 1 aromatic carbocycles. The molecule has 2 aliphatic heterocycles. The zero-order valence-corrected chi connectivity index (χ0v) is 11.7. The molecule has 6 nitrogen and oxygen atoms in total. The summed E-state index contributed by atoms with van der Waals surface area (Å²) in [5.41, 5.74) is 2.01. The van der Waals surface area contributed by atoms with E-state index in [1.54, 1.807) is 23.1 Å². The summed E-state index contributed by atoms with van der Waals surface area (Å²) in [7, 11) is 0. The number of nitrogens with one attached hydrogen (secondary N) is 1. The summed E-state index contributed by atoms with van der Waals surface area (Å²) in [5.74, 6) is -0.942. The molecule has 1 atom stereocenters. The van der Waals surface area contributed by atoms with E-state index in [4.69, 9.17) is 9.84 Å². The molecule has 6 heteroatoms. The van der Waals surface area contributed by atoms with Crippen molar-refractivity contribution in [3.8, 4) is 0 Å². The van der Waals surface area contributed by atoms with Crippen LogP contribution in [0.3, 0.4) is 0 Å². The molecule has 2 N–H and O–H groups in total. The number of hydrogen-bond acceptors (Lipinski definition) is 4. The van der Waals surface area contributed by atoms with Crippen molar-refractivity contribution in [1.29, 1.82) is 0 Å². The predicted molar refractivity (Wildman–Crippen MR) is 76.7 cm³/mol. The lowest BCUT2D eigenvalue weighted by molar-refractivity contribution is -0.123. The van der Waals surface area contributed by atoms with Crippen molar-refractivity contribution < 1.29 is 19.4 Å². The van der Waals surface area contributed by atoms with E-state index in [9.17, 15) is 9.59 Å². The van der Waals surface area contributed by atoms with Crippen molar-refractivity contribution in [3.05, 3.63) is 29.3 Å². The molecule has 0 bridgehead atoms. The lowest BCUT2D eigenvalue weighted by Crippen LogP contribution is -2.53. The number of rotatable bonds is 2. The monoisotopic (exact) mass is 290 g/mol. The van der Waals surface area contributed by atoms with Crippen LogP contribution in [0.4, 0.5) is 5.69 Å². The Bertz CT molecular complexity index is 567. The molecule has 1 saturated heterocycles. The topological polar surface area (TPSA) is 78.9 Å². The number of carbonyl (C=O) groups excluding carboxylic acids is 1. The maximum Gasteiger partial charge on any atom is 0.335 e. The summed E-state index contributed by atoms with van der Waals surface area (Å²) in [6.07, 6.45) is 1.64. The molecular formula is C15H18N2O4. The number of carbonyl (C=O) groups is 2. The summed E-state index contributed by atoms with van der Waals surface area (Å²) in [5, 5.41) is 12.2. The van der Waals surface area contributed by atoms with Crippen LogP contribution < -0.4 is 10.2 Å². The van der Waals surface area contributed by atoms with Crippen molar-refractivity contribution in [2.75, 3.05) is 31.2 Å². The molecule has 1 amide bonds. The molecular weight excluding hydrogens is 272 g/mol. The van der Waals surface area contributed by atoms with Crippen LogP contribution in [0.25, 0.3) is 0 Å². The van der Waals surface area contributed by atoms with E-state index in [2.05, 4.69) is 5.32 Å². The number of hydrogen-bond donors (Lipinski definition) is 2. The fourth-order valence-corrected chi connectivity index (χ4v) is 2.87. The molecule has 0 spiro atoms. The number of benzene rings is 1. The fraction of sp³-hybridized carbons (Fsp3) is 0.467. The number of nitrogens with zero attached hydrogens (tertiary/aromatic N) is 1. The largest absolute Gasteiger partial charge is 0.478 e. The Morgan fingerprint density at radius 1 is 1.38 bits per heavy atom. The van der Waals surface area contributed by atoms with Gasteiger partial charge in [-0.2, -0.15) is 0 Å². The number of carboxylic acid groups (broad SMARTS) is 1. The van der Waals surface area contributed by atoms with Gasteiger partial charge in [0.1, 0.15) is 6.04 Å². The van der Waals surface area contributed by atoms with E-state index < -0.39 is 5.97 Å². The van der Waals surface area contributed by atoms with Crippen molar-refractivity contribution in [1.82, 2.24) is 5.32 Å². The average Bonchev–Trinajstić information content (AvgIpc) is 2.54. The first-order valence-corrected chi connectivity index (χ1v) is 7.15. The second-order valence-corrected chi connectivity index (χ2v) is 5.32. The number of carboxylic acids is 1. The number of ether oxygens (including phenoxy) is 1. The lowest BCUT2D eigenvalue weighted by atomic mass is 9.98. The highest BCUT2D eigenvalue weighted by atomic mass is 16.5. The Kier molecular flexibility index (Phi) is 3.90. The first-order chi connectivity index (χ1) is 10.2. The van der Waals surface area contributed by atoms with Gasteiger partial charge in [0, 0.05) is 18.8 Å². The summed E-state index contributed by atoms with van der Waals surface area (Å²) in [4.78, 5) is 25.4. The maximum absolute atomic E-state index is 12.6. The van der Waals surface area contributed by atoms with Gasteiger partial charge in [-0.3, -0.25) is 4.79 Å². The van der Waals surface area contributed by atoms with Gasteiger partial charge in [0.2, 0.25) is 5.91 Å². The lowest BCUT2D eigenvalue weighted by Gasteiger charge is -2.34. The van der Waals surface area contributed by atoms with Gasteiger partial charge in [-0.15, -0.1) is 0 Å². The molecule has 1 fully saturated rings. The smallest absolute Gasteiger partial charge is 0.335 e. The minimum absolute atomic E-state index is 0.00118.